The molecule has 0 aromatic rings. The van der Waals surface area contributed by atoms with E-state index in [4.69, 9.17) is 0 Å². The van der Waals surface area contributed by atoms with Crippen molar-refractivity contribution < 1.29 is 13.2 Å². The lowest BCUT2D eigenvalue weighted by molar-refractivity contribution is -0.118. The molecule has 0 radical (unpaired) electrons. The molecule has 6 heteroatoms. The third kappa shape index (κ3) is 4.42. The second-order valence-electron chi connectivity index (χ2n) is 4.71. The number of rotatable bonds is 4. The highest BCUT2D eigenvalue weighted by Crippen LogP contribution is 2.13. The fourth-order valence-electron chi connectivity index (χ4n) is 2.03. The van der Waals surface area contributed by atoms with Gasteiger partial charge in [-0.3, -0.25) is 4.79 Å². The molecule has 0 aliphatic carbocycles. The van der Waals surface area contributed by atoms with Crippen molar-refractivity contribution in [2.24, 2.45) is 0 Å². The maximum Gasteiger partial charge on any atom is 0.246 e. The summed E-state index contributed by atoms with van der Waals surface area (Å²) < 4.78 is 24.1. The zero-order valence-electron chi connectivity index (χ0n) is 11.3. The molecule has 0 saturated carbocycles. The zero-order chi connectivity index (χ0) is 13.8. The van der Waals surface area contributed by atoms with Gasteiger partial charge in [-0.05, 0) is 26.2 Å². The summed E-state index contributed by atoms with van der Waals surface area (Å²) in [5.74, 6) is -0.0466. The average molecular weight is 274 g/mol. The second kappa shape index (κ2) is 6.33. The molecule has 1 aliphatic rings. The number of allylic oxidation sites excluding steroid dienone is 1. The smallest absolute Gasteiger partial charge is 0.246 e. The number of carbonyl (C=O) groups excluding carboxylic acids is 1. The summed E-state index contributed by atoms with van der Waals surface area (Å²) in [6, 6.07) is 0.0794. The van der Waals surface area contributed by atoms with Crippen LogP contribution in [0.1, 0.15) is 33.1 Å². The van der Waals surface area contributed by atoms with Gasteiger partial charge in [-0.15, -0.1) is 0 Å². The molecule has 0 aromatic carbocycles. The first kappa shape index (κ1) is 15.2. The number of hydrogen-bond acceptors (Lipinski definition) is 3. The van der Waals surface area contributed by atoms with Crippen LogP contribution in [0.15, 0.2) is 11.6 Å². The van der Waals surface area contributed by atoms with Gasteiger partial charge in [-0.2, -0.15) is 0 Å². The Hall–Kier alpha value is -0.880. The average Bonchev–Trinajstić information content (AvgIpc) is 2.28. The topological polar surface area (TPSA) is 66.5 Å². The standard InChI is InChI=1S/C12H22N2O3S/c1-4-5-10(2)12(15)13-11-6-8-14(9-7-11)18(3,16)17/h5,11H,4,6-9H2,1-3H3,(H,13,15). The molecular formula is C12H22N2O3S. The van der Waals surface area contributed by atoms with Gasteiger partial charge in [-0.25, -0.2) is 12.7 Å². The van der Waals surface area contributed by atoms with Crippen LogP contribution in [0, 0.1) is 0 Å². The molecule has 5 nitrogen and oxygen atoms in total. The number of amides is 1. The van der Waals surface area contributed by atoms with Crippen LogP contribution in [0.5, 0.6) is 0 Å². The molecule has 0 unspecified atom stereocenters. The van der Waals surface area contributed by atoms with Gasteiger partial charge in [0.05, 0.1) is 6.26 Å². The summed E-state index contributed by atoms with van der Waals surface area (Å²) in [6.45, 7) is 4.76. The van der Waals surface area contributed by atoms with E-state index in [0.29, 0.717) is 25.9 Å². The molecule has 0 aromatic heterocycles. The minimum absolute atomic E-state index is 0.0466. The van der Waals surface area contributed by atoms with Crippen molar-refractivity contribution in [3.8, 4) is 0 Å². The quantitative estimate of drug-likeness (QED) is 0.774. The number of hydrogen-bond donors (Lipinski definition) is 1. The maximum atomic E-state index is 11.8. The number of nitrogens with one attached hydrogen (secondary N) is 1. The summed E-state index contributed by atoms with van der Waals surface area (Å²) in [7, 11) is -3.09. The van der Waals surface area contributed by atoms with Crippen molar-refractivity contribution in [1.29, 1.82) is 0 Å². The van der Waals surface area contributed by atoms with E-state index in [-0.39, 0.29) is 11.9 Å². The largest absolute Gasteiger partial charge is 0.350 e. The molecule has 1 rings (SSSR count). The second-order valence-corrected chi connectivity index (χ2v) is 6.69. The van der Waals surface area contributed by atoms with Crippen molar-refractivity contribution in [3.05, 3.63) is 11.6 Å². The highest BCUT2D eigenvalue weighted by Gasteiger charge is 2.25. The van der Waals surface area contributed by atoms with Gasteiger partial charge < -0.3 is 5.32 Å². The van der Waals surface area contributed by atoms with Gasteiger partial charge in [0.2, 0.25) is 15.9 Å². The van der Waals surface area contributed by atoms with Crippen LogP contribution in [-0.2, 0) is 14.8 Å². The van der Waals surface area contributed by atoms with Crippen molar-refractivity contribution >= 4 is 15.9 Å². The van der Waals surface area contributed by atoms with Gasteiger partial charge in [0.15, 0.2) is 0 Å². The van der Waals surface area contributed by atoms with Crippen LogP contribution in [0.2, 0.25) is 0 Å². The lowest BCUT2D eigenvalue weighted by Gasteiger charge is -2.30. The van der Waals surface area contributed by atoms with Crippen LogP contribution in [-0.4, -0.2) is 44.0 Å². The monoisotopic (exact) mass is 274 g/mol. The Bertz CT molecular complexity index is 421. The third-order valence-corrected chi connectivity index (χ3v) is 4.43. The molecule has 0 bridgehead atoms. The van der Waals surface area contributed by atoms with Gasteiger partial charge >= 0.3 is 0 Å². The predicted octanol–water partition coefficient (Wildman–Crippen LogP) is 0.883. The molecule has 1 saturated heterocycles. The van der Waals surface area contributed by atoms with Crippen molar-refractivity contribution in [1.82, 2.24) is 9.62 Å². The van der Waals surface area contributed by atoms with E-state index in [1.165, 1.54) is 10.6 Å². The summed E-state index contributed by atoms with van der Waals surface area (Å²) in [5, 5.41) is 2.95. The molecule has 1 heterocycles. The summed E-state index contributed by atoms with van der Waals surface area (Å²) in [6.07, 6.45) is 5.31. The number of sulfonamides is 1. The van der Waals surface area contributed by atoms with Crippen molar-refractivity contribution in [3.63, 3.8) is 0 Å². The Morgan fingerprint density at radius 2 is 1.94 bits per heavy atom. The first-order chi connectivity index (χ1) is 8.34. The van der Waals surface area contributed by atoms with Crippen LogP contribution in [0.25, 0.3) is 0 Å². The maximum absolute atomic E-state index is 11.8. The normalized spacial score (nSPS) is 19.8. The SMILES string of the molecule is CCC=C(C)C(=O)NC1CCN(S(C)(=O)=O)CC1. The first-order valence-corrected chi connectivity index (χ1v) is 8.12. The van der Waals surface area contributed by atoms with E-state index in [0.717, 1.165) is 12.0 Å². The van der Waals surface area contributed by atoms with E-state index in [2.05, 4.69) is 5.32 Å². The minimum Gasteiger partial charge on any atom is -0.350 e. The summed E-state index contributed by atoms with van der Waals surface area (Å²) >= 11 is 0. The number of piperidine rings is 1. The molecule has 0 atom stereocenters. The van der Waals surface area contributed by atoms with Gasteiger partial charge in [-0.1, -0.05) is 13.0 Å². The van der Waals surface area contributed by atoms with Crippen LogP contribution in [0.4, 0.5) is 0 Å². The zero-order valence-corrected chi connectivity index (χ0v) is 12.1. The third-order valence-electron chi connectivity index (χ3n) is 3.13. The van der Waals surface area contributed by atoms with E-state index in [1.54, 1.807) is 6.92 Å². The van der Waals surface area contributed by atoms with Gasteiger partial charge in [0, 0.05) is 24.7 Å². The van der Waals surface area contributed by atoms with Crippen LogP contribution in [0.3, 0.4) is 0 Å². The Morgan fingerprint density at radius 3 is 2.39 bits per heavy atom. The number of nitrogens with zero attached hydrogens (tertiary/aromatic N) is 1. The van der Waals surface area contributed by atoms with E-state index in [1.807, 2.05) is 13.0 Å². The highest BCUT2D eigenvalue weighted by molar-refractivity contribution is 7.88. The van der Waals surface area contributed by atoms with E-state index < -0.39 is 10.0 Å². The Kier molecular flexibility index (Phi) is 5.34. The molecule has 1 fully saturated rings. The summed E-state index contributed by atoms with van der Waals surface area (Å²) in [5.41, 5.74) is 0.725. The van der Waals surface area contributed by atoms with E-state index in [9.17, 15) is 13.2 Å². The van der Waals surface area contributed by atoms with Gasteiger partial charge in [0.1, 0.15) is 0 Å². The molecule has 1 aliphatic heterocycles. The Balaban J connectivity index is 2.45. The van der Waals surface area contributed by atoms with E-state index >= 15 is 0 Å². The molecule has 0 spiro atoms. The van der Waals surface area contributed by atoms with Gasteiger partial charge in [0.25, 0.3) is 0 Å². The first-order valence-electron chi connectivity index (χ1n) is 6.27. The lowest BCUT2D eigenvalue weighted by atomic mass is 10.1. The Morgan fingerprint density at radius 1 is 1.39 bits per heavy atom. The number of carbonyl (C=O) groups is 1. The Labute approximate surface area is 109 Å². The minimum atomic E-state index is -3.09. The molecular weight excluding hydrogens is 252 g/mol. The van der Waals surface area contributed by atoms with Crippen molar-refractivity contribution in [2.45, 2.75) is 39.2 Å². The molecule has 18 heavy (non-hydrogen) atoms. The van der Waals surface area contributed by atoms with Crippen LogP contribution >= 0.6 is 0 Å². The van der Waals surface area contributed by atoms with Crippen LogP contribution < -0.4 is 5.32 Å². The fourth-order valence-corrected chi connectivity index (χ4v) is 2.90. The fraction of sp³-hybridized carbons (Fsp3) is 0.750. The lowest BCUT2D eigenvalue weighted by Crippen LogP contribution is -2.46. The summed E-state index contributed by atoms with van der Waals surface area (Å²) in [4.78, 5) is 11.8. The molecule has 1 amide bonds. The molecule has 104 valence electrons. The highest BCUT2D eigenvalue weighted by atomic mass is 32.2. The molecule has 1 N–H and O–H groups in total. The van der Waals surface area contributed by atoms with Crippen molar-refractivity contribution in [2.75, 3.05) is 19.3 Å². The predicted molar refractivity (Wildman–Crippen MR) is 71.6 cm³/mol.